The predicted molar refractivity (Wildman–Crippen MR) is 92.9 cm³/mol. The fraction of sp³-hybridized carbons (Fsp3) is 0.562. The molecule has 0 aliphatic heterocycles. The highest BCUT2D eigenvalue weighted by molar-refractivity contribution is 9.10. The van der Waals surface area contributed by atoms with Crippen LogP contribution in [-0.4, -0.2) is 38.8 Å². The molecule has 0 saturated heterocycles. The van der Waals surface area contributed by atoms with E-state index in [1.165, 1.54) is 6.07 Å². The van der Waals surface area contributed by atoms with Gasteiger partial charge in [0, 0.05) is 31.7 Å². The molecular formula is C16H25BrFN3O. The number of rotatable bonds is 7. The number of nitrogens with one attached hydrogen (secondary N) is 2. The van der Waals surface area contributed by atoms with Gasteiger partial charge in [0.2, 0.25) is 0 Å². The van der Waals surface area contributed by atoms with Gasteiger partial charge in [-0.25, -0.2) is 4.39 Å². The molecule has 0 heterocycles. The van der Waals surface area contributed by atoms with Crippen molar-refractivity contribution < 1.29 is 9.13 Å². The van der Waals surface area contributed by atoms with Crippen LogP contribution in [0.2, 0.25) is 0 Å². The molecule has 0 aromatic heterocycles. The second-order valence-corrected chi connectivity index (χ2v) is 6.57. The lowest BCUT2D eigenvalue weighted by Crippen LogP contribution is -2.45. The summed E-state index contributed by atoms with van der Waals surface area (Å²) in [6.45, 7) is 5.39. The fourth-order valence-electron chi connectivity index (χ4n) is 1.80. The normalized spacial score (nSPS) is 12.4. The van der Waals surface area contributed by atoms with E-state index in [-0.39, 0.29) is 11.4 Å². The van der Waals surface area contributed by atoms with Gasteiger partial charge in [0.15, 0.2) is 5.96 Å². The molecule has 0 saturated carbocycles. The van der Waals surface area contributed by atoms with Crippen LogP contribution in [0, 0.1) is 5.82 Å². The van der Waals surface area contributed by atoms with Crippen LogP contribution in [0.4, 0.5) is 4.39 Å². The minimum absolute atomic E-state index is 0.168. The lowest BCUT2D eigenvalue weighted by molar-refractivity contribution is 0.0268. The highest BCUT2D eigenvalue weighted by atomic mass is 79.9. The first-order chi connectivity index (χ1) is 10.4. The Balaban J connectivity index is 2.33. The Hall–Kier alpha value is -1.14. The molecule has 0 fully saturated rings. The molecule has 4 nitrogen and oxygen atoms in total. The maximum absolute atomic E-state index is 13.7. The molecule has 0 bridgehead atoms. The summed E-state index contributed by atoms with van der Waals surface area (Å²) in [5, 5.41) is 6.43. The van der Waals surface area contributed by atoms with E-state index in [1.54, 1.807) is 14.2 Å². The summed E-state index contributed by atoms with van der Waals surface area (Å²) in [6, 6.07) is 5.17. The van der Waals surface area contributed by atoms with E-state index in [1.807, 2.05) is 26.0 Å². The Morgan fingerprint density at radius 2 is 2.09 bits per heavy atom. The number of aliphatic imine (C=N–C) groups is 1. The van der Waals surface area contributed by atoms with Gasteiger partial charge in [0.05, 0.1) is 5.60 Å². The first-order valence-corrected chi connectivity index (χ1v) is 8.11. The molecule has 0 atom stereocenters. The number of benzene rings is 1. The zero-order valence-electron chi connectivity index (χ0n) is 13.7. The predicted octanol–water partition coefficient (Wildman–Crippen LogP) is 3.11. The van der Waals surface area contributed by atoms with Crippen LogP contribution < -0.4 is 10.6 Å². The average molecular weight is 374 g/mol. The number of hydrogen-bond acceptors (Lipinski definition) is 2. The van der Waals surface area contributed by atoms with Crippen molar-refractivity contribution in [3.63, 3.8) is 0 Å². The van der Waals surface area contributed by atoms with Gasteiger partial charge in [-0.05, 0) is 44.4 Å². The van der Waals surface area contributed by atoms with Gasteiger partial charge in [-0.15, -0.1) is 0 Å². The molecule has 0 aliphatic carbocycles. The van der Waals surface area contributed by atoms with E-state index < -0.39 is 0 Å². The van der Waals surface area contributed by atoms with E-state index in [0.717, 1.165) is 29.0 Å². The van der Waals surface area contributed by atoms with E-state index in [0.29, 0.717) is 13.0 Å². The number of hydrogen-bond donors (Lipinski definition) is 2. The third-order valence-electron chi connectivity index (χ3n) is 3.39. The monoisotopic (exact) mass is 373 g/mol. The molecule has 1 aromatic carbocycles. The highest BCUT2D eigenvalue weighted by Crippen LogP contribution is 2.16. The number of halogens is 2. The van der Waals surface area contributed by atoms with E-state index in [2.05, 4.69) is 31.6 Å². The number of ether oxygens (including phenoxy) is 1. The number of aryl methyl sites for hydroxylation is 1. The Kier molecular flexibility index (Phi) is 7.82. The molecule has 1 rings (SSSR count). The number of guanidine groups is 1. The second kappa shape index (κ2) is 9.10. The molecule has 0 radical (unpaired) electrons. The minimum Gasteiger partial charge on any atom is -0.377 e. The third kappa shape index (κ3) is 6.75. The van der Waals surface area contributed by atoms with Gasteiger partial charge < -0.3 is 15.4 Å². The standard InChI is InChI=1S/C16H25BrFN3O/c1-16(2,22-4)11-21-15(19-3)20-9-5-6-12-7-8-13(17)10-14(12)18/h7-8,10H,5-6,9,11H2,1-4H3,(H2,19,20,21). The second-order valence-electron chi connectivity index (χ2n) is 5.66. The zero-order chi connectivity index (χ0) is 16.6. The molecule has 1 aromatic rings. The van der Waals surface area contributed by atoms with Gasteiger partial charge in [-0.1, -0.05) is 22.0 Å². The number of nitrogens with zero attached hydrogens (tertiary/aromatic N) is 1. The average Bonchev–Trinajstić information content (AvgIpc) is 2.48. The number of methoxy groups -OCH3 is 1. The Morgan fingerprint density at radius 3 is 2.68 bits per heavy atom. The van der Waals surface area contributed by atoms with E-state index >= 15 is 0 Å². The van der Waals surface area contributed by atoms with E-state index in [4.69, 9.17) is 4.74 Å². The van der Waals surface area contributed by atoms with Crippen molar-refractivity contribution in [2.24, 2.45) is 4.99 Å². The molecule has 0 spiro atoms. The van der Waals surface area contributed by atoms with Gasteiger partial charge in [0.1, 0.15) is 5.82 Å². The van der Waals surface area contributed by atoms with Crippen LogP contribution in [0.15, 0.2) is 27.7 Å². The van der Waals surface area contributed by atoms with Crippen LogP contribution in [0.5, 0.6) is 0 Å². The maximum Gasteiger partial charge on any atom is 0.191 e. The first kappa shape index (κ1) is 18.9. The molecule has 22 heavy (non-hydrogen) atoms. The van der Waals surface area contributed by atoms with Crippen molar-refractivity contribution in [1.82, 2.24) is 10.6 Å². The molecule has 0 unspecified atom stereocenters. The van der Waals surface area contributed by atoms with Gasteiger partial charge in [-0.3, -0.25) is 4.99 Å². The summed E-state index contributed by atoms with van der Waals surface area (Å²) in [5.41, 5.74) is 0.478. The van der Waals surface area contributed by atoms with Gasteiger partial charge in [0.25, 0.3) is 0 Å². The van der Waals surface area contributed by atoms with Crippen LogP contribution in [0.3, 0.4) is 0 Å². The van der Waals surface area contributed by atoms with E-state index in [9.17, 15) is 4.39 Å². The topological polar surface area (TPSA) is 45.7 Å². The molecule has 6 heteroatoms. The minimum atomic E-state index is -0.252. The quantitative estimate of drug-likeness (QED) is 0.438. The Morgan fingerprint density at radius 1 is 1.36 bits per heavy atom. The summed E-state index contributed by atoms with van der Waals surface area (Å²) < 4.78 is 19.8. The van der Waals surface area contributed by atoms with Gasteiger partial charge >= 0.3 is 0 Å². The smallest absolute Gasteiger partial charge is 0.191 e. The van der Waals surface area contributed by atoms with Crippen molar-refractivity contribution in [2.45, 2.75) is 32.3 Å². The first-order valence-electron chi connectivity index (χ1n) is 7.31. The van der Waals surface area contributed by atoms with Crippen LogP contribution in [0.25, 0.3) is 0 Å². The Labute approximate surface area is 140 Å². The summed E-state index contributed by atoms with van der Waals surface area (Å²) in [6.07, 6.45) is 1.51. The van der Waals surface area contributed by atoms with Crippen molar-refractivity contribution in [3.05, 3.63) is 34.1 Å². The van der Waals surface area contributed by atoms with Crippen molar-refractivity contribution in [2.75, 3.05) is 27.2 Å². The van der Waals surface area contributed by atoms with Crippen LogP contribution in [0.1, 0.15) is 25.8 Å². The summed E-state index contributed by atoms with van der Waals surface area (Å²) in [7, 11) is 3.41. The maximum atomic E-state index is 13.7. The highest BCUT2D eigenvalue weighted by Gasteiger charge is 2.16. The summed E-state index contributed by atoms with van der Waals surface area (Å²) in [4.78, 5) is 4.16. The Bertz CT molecular complexity index is 506. The van der Waals surface area contributed by atoms with Crippen molar-refractivity contribution in [3.8, 4) is 0 Å². The third-order valence-corrected chi connectivity index (χ3v) is 3.88. The SMILES string of the molecule is CN=C(NCCCc1ccc(Br)cc1F)NCC(C)(C)OC. The van der Waals surface area contributed by atoms with Crippen molar-refractivity contribution >= 4 is 21.9 Å². The van der Waals surface area contributed by atoms with Crippen molar-refractivity contribution in [1.29, 1.82) is 0 Å². The molecule has 0 amide bonds. The molecular weight excluding hydrogens is 349 g/mol. The lowest BCUT2D eigenvalue weighted by Gasteiger charge is -2.24. The zero-order valence-corrected chi connectivity index (χ0v) is 15.3. The molecule has 2 N–H and O–H groups in total. The summed E-state index contributed by atoms with van der Waals surface area (Å²) in [5.74, 6) is 0.556. The lowest BCUT2D eigenvalue weighted by atomic mass is 10.1. The fourth-order valence-corrected chi connectivity index (χ4v) is 2.13. The van der Waals surface area contributed by atoms with Gasteiger partial charge in [-0.2, -0.15) is 0 Å². The molecule has 0 aliphatic rings. The molecule has 124 valence electrons. The van der Waals surface area contributed by atoms with Crippen LogP contribution >= 0.6 is 15.9 Å². The summed E-state index contributed by atoms with van der Waals surface area (Å²) >= 11 is 3.26. The van der Waals surface area contributed by atoms with Crippen LogP contribution in [-0.2, 0) is 11.2 Å². The largest absolute Gasteiger partial charge is 0.377 e.